The molecule has 0 bridgehead atoms. The molecule has 0 saturated carbocycles. The van der Waals surface area contributed by atoms with Crippen molar-refractivity contribution in [1.82, 2.24) is 20.2 Å². The molecule has 1 aliphatic rings. The largest absolute Gasteiger partial charge is 0.417 e. The number of nitrogens with one attached hydrogen (secondary N) is 1. The van der Waals surface area contributed by atoms with Crippen molar-refractivity contribution in [3.05, 3.63) is 83.7 Å². The van der Waals surface area contributed by atoms with Gasteiger partial charge in [-0.25, -0.2) is 9.97 Å². The number of halogens is 3. The Morgan fingerprint density at radius 1 is 0.966 bits per heavy atom. The molecular formula is C22H21F3N4. The van der Waals surface area contributed by atoms with Gasteiger partial charge in [0.15, 0.2) is 5.82 Å². The smallest absolute Gasteiger partial charge is 0.308 e. The van der Waals surface area contributed by atoms with E-state index in [1.807, 2.05) is 18.2 Å². The molecule has 1 saturated heterocycles. The van der Waals surface area contributed by atoms with Crippen LogP contribution in [0.1, 0.15) is 22.7 Å². The summed E-state index contributed by atoms with van der Waals surface area (Å²) in [5, 5.41) is 3.52. The first-order valence-electron chi connectivity index (χ1n) is 9.49. The molecular weight excluding hydrogens is 377 g/mol. The van der Waals surface area contributed by atoms with Crippen molar-refractivity contribution >= 4 is 0 Å². The normalized spacial score (nSPS) is 18.0. The molecule has 29 heavy (non-hydrogen) atoms. The van der Waals surface area contributed by atoms with Gasteiger partial charge >= 0.3 is 6.18 Å². The molecule has 0 radical (unpaired) electrons. The number of piperazine rings is 1. The van der Waals surface area contributed by atoms with E-state index in [2.05, 4.69) is 32.3 Å². The van der Waals surface area contributed by atoms with E-state index in [9.17, 15) is 13.2 Å². The molecule has 4 rings (SSSR count). The van der Waals surface area contributed by atoms with E-state index in [0.29, 0.717) is 6.54 Å². The summed E-state index contributed by atoms with van der Waals surface area (Å²) >= 11 is 0. The molecule has 1 aromatic heterocycles. The van der Waals surface area contributed by atoms with Crippen LogP contribution in [0.3, 0.4) is 0 Å². The van der Waals surface area contributed by atoms with Crippen molar-refractivity contribution in [3.63, 3.8) is 0 Å². The zero-order valence-corrected chi connectivity index (χ0v) is 15.7. The minimum absolute atomic E-state index is 0.00198. The number of aromatic nitrogens is 2. The van der Waals surface area contributed by atoms with Crippen LogP contribution >= 0.6 is 0 Å². The molecule has 3 aromatic rings. The Hall–Kier alpha value is -2.77. The van der Waals surface area contributed by atoms with E-state index < -0.39 is 11.7 Å². The Kier molecular flexibility index (Phi) is 5.60. The van der Waals surface area contributed by atoms with Crippen LogP contribution in [0.4, 0.5) is 13.2 Å². The summed E-state index contributed by atoms with van der Waals surface area (Å²) in [4.78, 5) is 10.7. The van der Waals surface area contributed by atoms with Crippen LogP contribution in [0.5, 0.6) is 0 Å². The second-order valence-corrected chi connectivity index (χ2v) is 7.11. The molecule has 4 nitrogen and oxygen atoms in total. The molecule has 1 aliphatic heterocycles. The zero-order valence-electron chi connectivity index (χ0n) is 15.7. The number of nitrogens with zero attached hydrogens (tertiary/aromatic N) is 3. The van der Waals surface area contributed by atoms with Crippen LogP contribution in [-0.4, -0.2) is 34.5 Å². The molecule has 0 amide bonds. The van der Waals surface area contributed by atoms with Crippen LogP contribution in [0, 0.1) is 0 Å². The van der Waals surface area contributed by atoms with Crippen molar-refractivity contribution < 1.29 is 13.2 Å². The number of benzene rings is 2. The van der Waals surface area contributed by atoms with E-state index in [1.54, 1.807) is 18.5 Å². The highest BCUT2D eigenvalue weighted by Gasteiger charge is 2.34. The van der Waals surface area contributed by atoms with Gasteiger partial charge in [0.25, 0.3) is 0 Å². The zero-order chi connectivity index (χ0) is 20.3. The summed E-state index contributed by atoms with van der Waals surface area (Å²) in [5.41, 5.74) is 1.40. The quantitative estimate of drug-likeness (QED) is 0.711. The molecule has 1 N–H and O–H groups in total. The van der Waals surface area contributed by atoms with Crippen molar-refractivity contribution in [3.8, 4) is 11.4 Å². The minimum Gasteiger partial charge on any atom is -0.308 e. The Balaban J connectivity index is 1.47. The predicted molar refractivity (Wildman–Crippen MR) is 105 cm³/mol. The van der Waals surface area contributed by atoms with Gasteiger partial charge in [-0.15, -0.1) is 0 Å². The monoisotopic (exact) mass is 398 g/mol. The molecule has 2 aromatic carbocycles. The average Bonchev–Trinajstić information content (AvgIpc) is 2.75. The van der Waals surface area contributed by atoms with Crippen molar-refractivity contribution in [2.45, 2.75) is 18.8 Å². The first kappa shape index (κ1) is 19.5. The summed E-state index contributed by atoms with van der Waals surface area (Å²) in [5.74, 6) is 0.0872. The minimum atomic E-state index is -4.44. The van der Waals surface area contributed by atoms with Crippen LogP contribution in [0.25, 0.3) is 11.4 Å². The topological polar surface area (TPSA) is 41.1 Å². The predicted octanol–water partition coefficient (Wildman–Crippen LogP) is 4.31. The Bertz CT molecular complexity index is 942. The summed E-state index contributed by atoms with van der Waals surface area (Å²) < 4.78 is 39.7. The molecule has 0 spiro atoms. The van der Waals surface area contributed by atoms with Crippen molar-refractivity contribution in [2.75, 3.05) is 19.6 Å². The fourth-order valence-electron chi connectivity index (χ4n) is 3.62. The molecule has 1 fully saturated rings. The lowest BCUT2D eigenvalue weighted by Gasteiger charge is -2.33. The third-order valence-corrected chi connectivity index (χ3v) is 5.05. The summed E-state index contributed by atoms with van der Waals surface area (Å²) in [6.07, 6.45) is -1.20. The van der Waals surface area contributed by atoms with Gasteiger partial charge in [-0.05, 0) is 11.6 Å². The molecule has 150 valence electrons. The molecule has 1 unspecified atom stereocenters. The Morgan fingerprint density at radius 3 is 2.38 bits per heavy atom. The maximum absolute atomic E-state index is 13.2. The van der Waals surface area contributed by atoms with E-state index >= 15 is 0 Å². The van der Waals surface area contributed by atoms with Crippen LogP contribution < -0.4 is 5.32 Å². The lowest BCUT2D eigenvalue weighted by atomic mass is 10.0. The highest BCUT2D eigenvalue weighted by atomic mass is 19.4. The third-order valence-electron chi connectivity index (χ3n) is 5.05. The van der Waals surface area contributed by atoms with E-state index in [1.165, 1.54) is 17.7 Å². The van der Waals surface area contributed by atoms with Crippen LogP contribution in [-0.2, 0) is 12.7 Å². The number of rotatable bonds is 4. The van der Waals surface area contributed by atoms with Gasteiger partial charge < -0.3 is 5.32 Å². The van der Waals surface area contributed by atoms with Gasteiger partial charge in [0.1, 0.15) is 0 Å². The van der Waals surface area contributed by atoms with Crippen LogP contribution in [0.2, 0.25) is 0 Å². The number of hydrogen-bond donors (Lipinski definition) is 1. The van der Waals surface area contributed by atoms with Crippen LogP contribution in [0.15, 0.2) is 67.0 Å². The third kappa shape index (κ3) is 4.63. The number of alkyl halides is 3. The lowest BCUT2D eigenvalue weighted by Crippen LogP contribution is -2.45. The second-order valence-electron chi connectivity index (χ2n) is 7.11. The second kappa shape index (κ2) is 8.31. The first-order valence-corrected chi connectivity index (χ1v) is 9.49. The standard InChI is InChI=1S/C22H21F3N4/c23-22(24,25)19-9-5-4-8-18(19)21-27-12-16(13-28-21)14-29-11-10-26-20(15-29)17-6-2-1-3-7-17/h1-9,12-13,20,26H,10-11,14-15H2. The SMILES string of the molecule is FC(F)(F)c1ccccc1-c1ncc(CN2CCNC(c3ccccc3)C2)cn1. The van der Waals surface area contributed by atoms with E-state index in [0.717, 1.165) is 31.3 Å². The van der Waals surface area contributed by atoms with Gasteiger partial charge in [0.2, 0.25) is 0 Å². The summed E-state index contributed by atoms with van der Waals surface area (Å²) in [6.45, 7) is 3.27. The average molecular weight is 398 g/mol. The highest BCUT2D eigenvalue weighted by Crippen LogP contribution is 2.35. The first-order chi connectivity index (χ1) is 14.0. The Labute approximate surface area is 167 Å². The fourth-order valence-corrected chi connectivity index (χ4v) is 3.62. The van der Waals surface area contributed by atoms with Gasteiger partial charge in [0.05, 0.1) is 5.56 Å². The Morgan fingerprint density at radius 2 is 1.66 bits per heavy atom. The molecule has 7 heteroatoms. The molecule has 0 aliphatic carbocycles. The molecule has 1 atom stereocenters. The summed E-state index contributed by atoms with van der Waals surface area (Å²) in [7, 11) is 0. The fraction of sp³-hybridized carbons (Fsp3) is 0.273. The van der Waals surface area contributed by atoms with Gasteiger partial charge in [0, 0.05) is 55.7 Å². The maximum Gasteiger partial charge on any atom is 0.417 e. The molecule has 2 heterocycles. The number of hydrogen-bond acceptors (Lipinski definition) is 4. The van der Waals surface area contributed by atoms with Gasteiger partial charge in [-0.3, -0.25) is 4.90 Å². The highest BCUT2D eigenvalue weighted by molar-refractivity contribution is 5.60. The maximum atomic E-state index is 13.2. The lowest BCUT2D eigenvalue weighted by molar-refractivity contribution is -0.137. The van der Waals surface area contributed by atoms with E-state index in [4.69, 9.17) is 0 Å². The summed E-state index contributed by atoms with van der Waals surface area (Å²) in [6, 6.07) is 15.9. The van der Waals surface area contributed by atoms with Crippen molar-refractivity contribution in [1.29, 1.82) is 0 Å². The van der Waals surface area contributed by atoms with Gasteiger partial charge in [-0.1, -0.05) is 48.5 Å². The van der Waals surface area contributed by atoms with E-state index in [-0.39, 0.29) is 17.4 Å². The van der Waals surface area contributed by atoms with Crippen molar-refractivity contribution in [2.24, 2.45) is 0 Å². The van der Waals surface area contributed by atoms with Gasteiger partial charge in [-0.2, -0.15) is 13.2 Å².